The molecule has 3 rings (SSSR count). The third kappa shape index (κ3) is 3.93. The monoisotopic (exact) mass is 287 g/mol. The molecule has 0 radical (unpaired) electrons. The predicted octanol–water partition coefficient (Wildman–Crippen LogP) is 1.17. The Labute approximate surface area is 124 Å². The molecule has 110 valence electrons. The van der Waals surface area contributed by atoms with E-state index in [-0.39, 0.29) is 0 Å². The lowest BCUT2D eigenvalue weighted by Crippen LogP contribution is -2.41. The van der Waals surface area contributed by atoms with Gasteiger partial charge in [0.25, 0.3) is 0 Å². The first-order valence-electron chi connectivity index (χ1n) is 6.94. The molecule has 2 aromatic rings. The van der Waals surface area contributed by atoms with E-state index in [0.717, 1.165) is 23.1 Å². The molecule has 1 aromatic heterocycles. The molecule has 0 saturated carbocycles. The van der Waals surface area contributed by atoms with Crippen LogP contribution in [-0.2, 0) is 11.1 Å². The molecule has 1 aliphatic rings. The van der Waals surface area contributed by atoms with E-state index < -0.39 is 7.12 Å². The smallest absolute Gasteiger partial charge is 0.423 e. The van der Waals surface area contributed by atoms with Crippen molar-refractivity contribution in [3.8, 4) is 5.88 Å². The third-order valence-corrected chi connectivity index (χ3v) is 2.89. The molecule has 1 aromatic carbocycles. The van der Waals surface area contributed by atoms with Crippen molar-refractivity contribution < 1.29 is 14.5 Å². The van der Waals surface area contributed by atoms with Gasteiger partial charge in [0.1, 0.15) is 6.33 Å². The molecule has 7 heteroatoms. The van der Waals surface area contributed by atoms with Crippen molar-refractivity contribution in [3.63, 3.8) is 0 Å². The van der Waals surface area contributed by atoms with Crippen LogP contribution in [0, 0.1) is 0 Å². The average Bonchev–Trinajstić information content (AvgIpc) is 2.56. The van der Waals surface area contributed by atoms with E-state index in [1.165, 1.54) is 6.33 Å². The number of nitrogens with zero attached hydrogens (tertiary/aromatic N) is 2. The minimum Gasteiger partial charge on any atom is -0.423 e. The van der Waals surface area contributed by atoms with E-state index in [0.29, 0.717) is 12.5 Å². The zero-order valence-electron chi connectivity index (χ0n) is 12.1. The number of nitrogens with one attached hydrogen (secondary N) is 1. The van der Waals surface area contributed by atoms with Gasteiger partial charge in [0, 0.05) is 18.9 Å². The van der Waals surface area contributed by atoms with Gasteiger partial charge in [0.15, 0.2) is 0 Å². The predicted molar refractivity (Wildman–Crippen MR) is 81.3 cm³/mol. The molecule has 2 heterocycles. The maximum absolute atomic E-state index is 9.76. The standard InChI is InChI=1S/C12H12BN3O3.C2H6/c17-13-11-7-10(2-1-9(11)4-6-18-13)16-19-12-3-5-14-8-15-12;1-2/h1-3,5,7-8,16-17H,4,6H2;1-2H3. The number of anilines is 1. The highest BCUT2D eigenvalue weighted by molar-refractivity contribution is 6.61. The second kappa shape index (κ2) is 7.61. The molecule has 0 saturated heterocycles. The van der Waals surface area contributed by atoms with Crippen molar-refractivity contribution in [1.82, 2.24) is 9.97 Å². The van der Waals surface area contributed by atoms with Crippen molar-refractivity contribution in [1.29, 1.82) is 0 Å². The Morgan fingerprint density at radius 2 is 2.19 bits per heavy atom. The van der Waals surface area contributed by atoms with Crippen LogP contribution in [0.1, 0.15) is 19.4 Å². The molecular weight excluding hydrogens is 269 g/mol. The van der Waals surface area contributed by atoms with Crippen molar-refractivity contribution >= 4 is 18.3 Å². The quantitative estimate of drug-likeness (QED) is 0.652. The van der Waals surface area contributed by atoms with E-state index in [1.54, 1.807) is 18.3 Å². The molecule has 0 atom stereocenters. The Morgan fingerprint density at radius 1 is 1.33 bits per heavy atom. The Balaban J connectivity index is 0.000000774. The largest absolute Gasteiger partial charge is 0.491 e. The van der Waals surface area contributed by atoms with Gasteiger partial charge in [-0.05, 0) is 29.6 Å². The molecule has 0 spiro atoms. The number of fused-ring (bicyclic) bond motifs is 1. The van der Waals surface area contributed by atoms with Crippen LogP contribution in [0.5, 0.6) is 5.88 Å². The summed E-state index contributed by atoms with van der Waals surface area (Å²) in [4.78, 5) is 13.0. The lowest BCUT2D eigenvalue weighted by atomic mass is 9.73. The Bertz CT molecular complexity index is 569. The maximum atomic E-state index is 9.76. The lowest BCUT2D eigenvalue weighted by molar-refractivity contribution is 0.266. The zero-order chi connectivity index (χ0) is 15.1. The third-order valence-electron chi connectivity index (χ3n) is 2.89. The van der Waals surface area contributed by atoms with Gasteiger partial charge in [-0.25, -0.2) is 10.5 Å². The molecule has 2 N–H and O–H groups in total. The van der Waals surface area contributed by atoms with Gasteiger partial charge in [-0.15, -0.1) is 0 Å². The molecule has 0 aliphatic carbocycles. The molecule has 21 heavy (non-hydrogen) atoms. The summed E-state index contributed by atoms with van der Waals surface area (Å²) in [5.41, 5.74) is 5.35. The minimum atomic E-state index is -0.871. The molecule has 0 bridgehead atoms. The summed E-state index contributed by atoms with van der Waals surface area (Å²) in [7, 11) is -0.871. The normalized spacial score (nSPS) is 12.8. The molecule has 1 aliphatic heterocycles. The summed E-state index contributed by atoms with van der Waals surface area (Å²) in [6, 6.07) is 7.29. The van der Waals surface area contributed by atoms with Gasteiger partial charge in [-0.2, -0.15) is 4.98 Å². The summed E-state index contributed by atoms with van der Waals surface area (Å²) in [6.45, 7) is 4.54. The summed E-state index contributed by atoms with van der Waals surface area (Å²) in [6.07, 6.45) is 3.80. The summed E-state index contributed by atoms with van der Waals surface area (Å²) in [5.74, 6) is 0.421. The number of rotatable bonds is 3. The van der Waals surface area contributed by atoms with Crippen LogP contribution in [-0.4, -0.2) is 28.7 Å². The van der Waals surface area contributed by atoms with Gasteiger partial charge in [-0.3, -0.25) is 0 Å². The second-order valence-electron chi connectivity index (χ2n) is 4.14. The highest BCUT2D eigenvalue weighted by atomic mass is 16.7. The van der Waals surface area contributed by atoms with Gasteiger partial charge < -0.3 is 14.5 Å². The molecule has 6 nitrogen and oxygen atoms in total. The van der Waals surface area contributed by atoms with Crippen LogP contribution in [0.25, 0.3) is 0 Å². The fourth-order valence-electron chi connectivity index (χ4n) is 1.94. The lowest BCUT2D eigenvalue weighted by Gasteiger charge is -2.19. The highest BCUT2D eigenvalue weighted by Crippen LogP contribution is 2.13. The highest BCUT2D eigenvalue weighted by Gasteiger charge is 2.24. The number of benzene rings is 1. The maximum Gasteiger partial charge on any atom is 0.491 e. The van der Waals surface area contributed by atoms with E-state index in [4.69, 9.17) is 9.49 Å². The minimum absolute atomic E-state index is 0.421. The summed E-state index contributed by atoms with van der Waals surface area (Å²) >= 11 is 0. The van der Waals surface area contributed by atoms with E-state index in [9.17, 15) is 5.02 Å². The fourth-order valence-corrected chi connectivity index (χ4v) is 1.94. The molecule has 0 fully saturated rings. The van der Waals surface area contributed by atoms with Gasteiger partial charge in [-0.1, -0.05) is 19.9 Å². The first-order valence-corrected chi connectivity index (χ1v) is 6.94. The van der Waals surface area contributed by atoms with E-state index >= 15 is 0 Å². The Morgan fingerprint density at radius 3 is 2.95 bits per heavy atom. The zero-order valence-corrected chi connectivity index (χ0v) is 12.1. The SMILES string of the molecule is CC.OB1OCCc2ccc(NOc3ccncn3)cc21. The molecule has 0 amide bonds. The summed E-state index contributed by atoms with van der Waals surface area (Å²) < 4.78 is 5.19. The van der Waals surface area contributed by atoms with Crippen molar-refractivity contribution in [3.05, 3.63) is 42.4 Å². The number of aromatic nitrogens is 2. The second-order valence-corrected chi connectivity index (χ2v) is 4.14. The van der Waals surface area contributed by atoms with Crippen LogP contribution in [0.15, 0.2) is 36.8 Å². The van der Waals surface area contributed by atoms with Crippen LogP contribution in [0.3, 0.4) is 0 Å². The summed E-state index contributed by atoms with van der Waals surface area (Å²) in [5, 5.41) is 9.76. The number of hydrogen-bond donors (Lipinski definition) is 2. The van der Waals surface area contributed by atoms with Crippen LogP contribution in [0.4, 0.5) is 5.69 Å². The first kappa shape index (κ1) is 15.3. The van der Waals surface area contributed by atoms with Crippen molar-refractivity contribution in [2.45, 2.75) is 20.3 Å². The van der Waals surface area contributed by atoms with Crippen molar-refractivity contribution in [2.75, 3.05) is 12.1 Å². The fraction of sp³-hybridized carbons (Fsp3) is 0.286. The Kier molecular flexibility index (Phi) is 5.54. The topological polar surface area (TPSA) is 76.5 Å². The van der Waals surface area contributed by atoms with Gasteiger partial charge >= 0.3 is 7.12 Å². The van der Waals surface area contributed by atoms with Crippen LogP contribution >= 0.6 is 0 Å². The van der Waals surface area contributed by atoms with Crippen LogP contribution < -0.4 is 15.8 Å². The van der Waals surface area contributed by atoms with E-state index in [2.05, 4.69) is 15.4 Å². The number of hydrogen-bond acceptors (Lipinski definition) is 6. The van der Waals surface area contributed by atoms with Gasteiger partial charge in [0.2, 0.25) is 5.88 Å². The first-order chi connectivity index (χ1) is 10.3. The van der Waals surface area contributed by atoms with Gasteiger partial charge in [0.05, 0.1) is 5.69 Å². The van der Waals surface area contributed by atoms with E-state index in [1.807, 2.05) is 26.0 Å². The van der Waals surface area contributed by atoms with Crippen LogP contribution in [0.2, 0.25) is 0 Å². The van der Waals surface area contributed by atoms with Crippen molar-refractivity contribution in [2.24, 2.45) is 0 Å². The molecule has 0 unspecified atom stereocenters. The molecular formula is C14H18BN3O3. The average molecular weight is 287 g/mol. The Hall–Kier alpha value is -2.12.